The minimum atomic E-state index is -0.314. The van der Waals surface area contributed by atoms with E-state index in [2.05, 4.69) is 15.3 Å². The molecule has 0 radical (unpaired) electrons. The van der Waals surface area contributed by atoms with Crippen LogP contribution >= 0.6 is 0 Å². The van der Waals surface area contributed by atoms with Gasteiger partial charge in [-0.05, 0) is 26.7 Å². The van der Waals surface area contributed by atoms with Gasteiger partial charge in [0.25, 0.3) is 0 Å². The topological polar surface area (TPSA) is 37.8 Å². The predicted molar refractivity (Wildman–Crippen MR) is 66.7 cm³/mol. The molecular formula is C13H20FN3. The van der Waals surface area contributed by atoms with Crippen LogP contribution in [0.5, 0.6) is 0 Å². The number of nitrogens with zero attached hydrogens (tertiary/aromatic N) is 2. The third-order valence-corrected chi connectivity index (χ3v) is 3.35. The Hall–Kier alpha value is -1.19. The number of anilines is 1. The Balaban J connectivity index is 2.27. The number of nitrogens with one attached hydrogen (secondary N) is 1. The maximum atomic E-state index is 13.7. The minimum absolute atomic E-state index is 0.314. The molecule has 0 atom stereocenters. The molecule has 2 rings (SSSR count). The number of aromatic nitrogens is 2. The summed E-state index contributed by atoms with van der Waals surface area (Å²) in [6.07, 6.45) is 6.05. The average Bonchev–Trinajstić information content (AvgIpc) is 2.36. The predicted octanol–water partition coefficient (Wildman–Crippen LogP) is 3.40. The van der Waals surface area contributed by atoms with Crippen molar-refractivity contribution in [2.45, 2.75) is 51.9 Å². The summed E-state index contributed by atoms with van der Waals surface area (Å²) in [5.41, 5.74) is 0.455. The van der Waals surface area contributed by atoms with Crippen LogP contribution in [-0.4, -0.2) is 16.5 Å². The van der Waals surface area contributed by atoms with Crippen molar-refractivity contribution in [3.05, 3.63) is 17.3 Å². The molecule has 17 heavy (non-hydrogen) atoms. The fraction of sp³-hybridized carbons (Fsp3) is 0.692. The Morgan fingerprint density at radius 1 is 1.24 bits per heavy atom. The van der Waals surface area contributed by atoms with Crippen LogP contribution in [-0.2, 0) is 0 Å². The lowest BCUT2D eigenvalue weighted by Gasteiger charge is -2.21. The van der Waals surface area contributed by atoms with Crippen molar-refractivity contribution in [1.82, 2.24) is 9.97 Å². The van der Waals surface area contributed by atoms with E-state index in [-0.39, 0.29) is 5.82 Å². The molecule has 1 aliphatic rings. The second-order valence-corrected chi connectivity index (χ2v) is 4.70. The summed E-state index contributed by atoms with van der Waals surface area (Å²) in [6, 6.07) is 0. The van der Waals surface area contributed by atoms with Crippen LogP contribution in [0.4, 0.5) is 10.2 Å². The van der Waals surface area contributed by atoms with Crippen molar-refractivity contribution in [3.8, 4) is 0 Å². The summed E-state index contributed by atoms with van der Waals surface area (Å²) in [4.78, 5) is 8.66. The molecule has 1 fully saturated rings. The van der Waals surface area contributed by atoms with Gasteiger partial charge in [0.2, 0.25) is 0 Å². The molecule has 0 aromatic carbocycles. The van der Waals surface area contributed by atoms with Gasteiger partial charge in [-0.25, -0.2) is 14.4 Å². The van der Waals surface area contributed by atoms with Crippen molar-refractivity contribution in [1.29, 1.82) is 0 Å². The highest BCUT2D eigenvalue weighted by molar-refractivity contribution is 5.38. The molecule has 3 nitrogen and oxygen atoms in total. The van der Waals surface area contributed by atoms with Crippen molar-refractivity contribution in [2.75, 3.05) is 11.9 Å². The van der Waals surface area contributed by atoms with E-state index in [9.17, 15) is 4.39 Å². The van der Waals surface area contributed by atoms with Gasteiger partial charge in [0.05, 0.1) is 5.69 Å². The smallest absolute Gasteiger partial charge is 0.186 e. The molecular weight excluding hydrogens is 217 g/mol. The third-order valence-electron chi connectivity index (χ3n) is 3.35. The Morgan fingerprint density at radius 2 is 1.94 bits per heavy atom. The van der Waals surface area contributed by atoms with Gasteiger partial charge in [-0.2, -0.15) is 0 Å². The van der Waals surface area contributed by atoms with E-state index in [1.54, 1.807) is 6.92 Å². The summed E-state index contributed by atoms with van der Waals surface area (Å²) in [7, 11) is 0. The molecule has 0 saturated heterocycles. The molecule has 0 bridgehead atoms. The summed E-state index contributed by atoms with van der Waals surface area (Å²) in [6.45, 7) is 4.33. The van der Waals surface area contributed by atoms with Crippen molar-refractivity contribution in [3.63, 3.8) is 0 Å². The molecule has 1 saturated carbocycles. The van der Waals surface area contributed by atoms with Gasteiger partial charge in [0.15, 0.2) is 11.6 Å². The van der Waals surface area contributed by atoms with Crippen LogP contribution in [0.25, 0.3) is 0 Å². The fourth-order valence-electron chi connectivity index (χ4n) is 2.41. The minimum Gasteiger partial charge on any atom is -0.368 e. The van der Waals surface area contributed by atoms with Crippen molar-refractivity contribution in [2.24, 2.45) is 0 Å². The van der Waals surface area contributed by atoms with E-state index in [0.29, 0.717) is 24.0 Å². The molecule has 1 heterocycles. The zero-order valence-electron chi connectivity index (χ0n) is 10.6. The molecule has 1 aliphatic carbocycles. The van der Waals surface area contributed by atoms with Gasteiger partial charge in [-0.3, -0.25) is 0 Å². The Morgan fingerprint density at radius 3 is 2.59 bits per heavy atom. The molecule has 1 aromatic rings. The second kappa shape index (κ2) is 5.43. The maximum absolute atomic E-state index is 13.7. The summed E-state index contributed by atoms with van der Waals surface area (Å²) >= 11 is 0. The Labute approximate surface area is 102 Å². The highest BCUT2D eigenvalue weighted by Gasteiger charge is 2.20. The SMILES string of the molecule is CCNc1nc(C2CCCCC2)nc(C)c1F. The molecule has 1 N–H and O–H groups in total. The van der Waals surface area contributed by atoms with Crippen LogP contribution in [0.1, 0.15) is 56.5 Å². The molecule has 0 aliphatic heterocycles. The number of halogens is 1. The second-order valence-electron chi connectivity index (χ2n) is 4.70. The normalized spacial score (nSPS) is 17.1. The zero-order valence-corrected chi connectivity index (χ0v) is 10.6. The molecule has 4 heteroatoms. The van der Waals surface area contributed by atoms with Gasteiger partial charge in [0, 0.05) is 12.5 Å². The number of aryl methyl sites for hydroxylation is 1. The van der Waals surface area contributed by atoms with Gasteiger partial charge >= 0.3 is 0 Å². The first-order valence-electron chi connectivity index (χ1n) is 6.50. The van der Waals surface area contributed by atoms with Gasteiger partial charge in [0.1, 0.15) is 5.82 Å². The molecule has 0 unspecified atom stereocenters. The summed E-state index contributed by atoms with van der Waals surface area (Å²) in [5.74, 6) is 1.28. The largest absolute Gasteiger partial charge is 0.368 e. The monoisotopic (exact) mass is 237 g/mol. The van der Waals surface area contributed by atoms with Crippen molar-refractivity contribution >= 4 is 5.82 Å². The standard InChI is InChI=1S/C13H20FN3/c1-3-15-13-11(14)9(2)16-12(17-13)10-7-5-4-6-8-10/h10H,3-8H2,1-2H3,(H,15,16,17). The lowest BCUT2D eigenvalue weighted by atomic mass is 9.88. The molecule has 0 amide bonds. The maximum Gasteiger partial charge on any atom is 0.186 e. The molecule has 0 spiro atoms. The highest BCUT2D eigenvalue weighted by atomic mass is 19.1. The van der Waals surface area contributed by atoms with E-state index in [1.165, 1.54) is 19.3 Å². The van der Waals surface area contributed by atoms with Crippen LogP contribution in [0.15, 0.2) is 0 Å². The average molecular weight is 237 g/mol. The van der Waals surface area contributed by atoms with E-state index in [4.69, 9.17) is 0 Å². The van der Waals surface area contributed by atoms with E-state index in [1.807, 2.05) is 6.92 Å². The van der Waals surface area contributed by atoms with E-state index >= 15 is 0 Å². The summed E-state index contributed by atoms with van der Waals surface area (Å²) < 4.78 is 13.7. The van der Waals surface area contributed by atoms with Gasteiger partial charge in [-0.15, -0.1) is 0 Å². The first-order valence-corrected chi connectivity index (χ1v) is 6.50. The quantitative estimate of drug-likeness (QED) is 0.875. The number of rotatable bonds is 3. The lowest BCUT2D eigenvalue weighted by molar-refractivity contribution is 0.426. The van der Waals surface area contributed by atoms with Gasteiger partial charge in [-0.1, -0.05) is 19.3 Å². The van der Waals surface area contributed by atoms with Crippen LogP contribution in [0.2, 0.25) is 0 Å². The first-order chi connectivity index (χ1) is 8.22. The van der Waals surface area contributed by atoms with Crippen LogP contribution in [0, 0.1) is 12.7 Å². The summed E-state index contributed by atoms with van der Waals surface area (Å²) in [5, 5.41) is 2.97. The Kier molecular flexibility index (Phi) is 3.92. The number of hydrogen-bond donors (Lipinski definition) is 1. The molecule has 1 aromatic heterocycles. The molecule has 94 valence electrons. The van der Waals surface area contributed by atoms with E-state index < -0.39 is 0 Å². The fourth-order valence-corrected chi connectivity index (χ4v) is 2.41. The Bertz CT molecular complexity index is 386. The van der Waals surface area contributed by atoms with Crippen LogP contribution in [0.3, 0.4) is 0 Å². The first kappa shape index (κ1) is 12.3. The third kappa shape index (κ3) is 2.73. The number of hydrogen-bond acceptors (Lipinski definition) is 3. The highest BCUT2D eigenvalue weighted by Crippen LogP contribution is 2.31. The van der Waals surface area contributed by atoms with Crippen LogP contribution < -0.4 is 5.32 Å². The van der Waals surface area contributed by atoms with Gasteiger partial charge < -0.3 is 5.32 Å². The van der Waals surface area contributed by atoms with Crippen molar-refractivity contribution < 1.29 is 4.39 Å². The lowest BCUT2D eigenvalue weighted by Crippen LogP contribution is -2.13. The van der Waals surface area contributed by atoms with E-state index in [0.717, 1.165) is 18.7 Å². The zero-order chi connectivity index (χ0) is 12.3.